The number of pyridine rings is 1. The Bertz CT molecular complexity index is 773. The number of hydrogen-bond donors (Lipinski definition) is 1. The Morgan fingerprint density at radius 3 is 2.87 bits per heavy atom. The number of carbonyl (C=O) groups is 1. The van der Waals surface area contributed by atoms with E-state index in [-0.39, 0.29) is 11.9 Å². The van der Waals surface area contributed by atoms with Gasteiger partial charge >= 0.3 is 0 Å². The van der Waals surface area contributed by atoms with Crippen molar-refractivity contribution in [3.63, 3.8) is 0 Å². The molecule has 3 aromatic heterocycles. The lowest BCUT2D eigenvalue weighted by Gasteiger charge is -2.32. The van der Waals surface area contributed by atoms with Gasteiger partial charge in [-0.15, -0.1) is 11.3 Å². The number of piperidine rings is 1. The average molecular weight is 344 g/mol. The van der Waals surface area contributed by atoms with Crippen molar-refractivity contribution < 1.29 is 4.79 Å². The van der Waals surface area contributed by atoms with E-state index < -0.39 is 0 Å². The predicted octanol–water partition coefficient (Wildman–Crippen LogP) is 3.15. The molecule has 0 radical (unpaired) electrons. The molecule has 4 rings (SSSR count). The van der Waals surface area contributed by atoms with Crippen LogP contribution in [0.5, 0.6) is 0 Å². The van der Waals surface area contributed by atoms with Crippen molar-refractivity contribution in [3.05, 3.63) is 40.7 Å². The van der Waals surface area contributed by atoms with Gasteiger partial charge in [-0.3, -0.25) is 4.79 Å². The van der Waals surface area contributed by atoms with E-state index in [4.69, 9.17) is 0 Å². The van der Waals surface area contributed by atoms with E-state index in [0.29, 0.717) is 0 Å². The molecule has 1 aliphatic heterocycles. The maximum absolute atomic E-state index is 12.1. The van der Waals surface area contributed by atoms with Gasteiger partial charge in [0.15, 0.2) is 5.13 Å². The lowest BCUT2D eigenvalue weighted by Crippen LogP contribution is -2.44. The van der Waals surface area contributed by atoms with E-state index in [9.17, 15) is 4.79 Å². The van der Waals surface area contributed by atoms with Crippen LogP contribution in [0.4, 0.5) is 5.13 Å². The van der Waals surface area contributed by atoms with Gasteiger partial charge in [0, 0.05) is 25.3 Å². The molecule has 3 aromatic rings. The zero-order valence-electron chi connectivity index (χ0n) is 12.4. The van der Waals surface area contributed by atoms with Gasteiger partial charge < -0.3 is 10.2 Å². The van der Waals surface area contributed by atoms with Crippen LogP contribution in [-0.2, 0) is 0 Å². The number of thiophene rings is 1. The SMILES string of the molecule is O=C(NC1CCN(c2nc3cccnc3s2)CC1)c1cccs1. The minimum atomic E-state index is 0.0441. The van der Waals surface area contributed by atoms with Gasteiger partial charge in [0.2, 0.25) is 0 Å². The van der Waals surface area contributed by atoms with Crippen LogP contribution in [-0.4, -0.2) is 35.0 Å². The topological polar surface area (TPSA) is 58.1 Å². The van der Waals surface area contributed by atoms with Gasteiger partial charge in [0.05, 0.1) is 4.88 Å². The molecule has 1 amide bonds. The van der Waals surface area contributed by atoms with Gasteiger partial charge in [-0.1, -0.05) is 17.4 Å². The van der Waals surface area contributed by atoms with Crippen molar-refractivity contribution in [2.75, 3.05) is 18.0 Å². The summed E-state index contributed by atoms with van der Waals surface area (Å²) in [7, 11) is 0. The van der Waals surface area contributed by atoms with Gasteiger partial charge in [0.25, 0.3) is 5.91 Å². The molecule has 118 valence electrons. The highest BCUT2D eigenvalue weighted by atomic mass is 32.1. The predicted molar refractivity (Wildman–Crippen MR) is 94.4 cm³/mol. The summed E-state index contributed by atoms with van der Waals surface area (Å²) in [5.74, 6) is 0.0441. The number of nitrogens with zero attached hydrogens (tertiary/aromatic N) is 3. The standard InChI is InChI=1S/C16H16N4OS2/c21-14(13-4-2-10-22-13)18-11-5-8-20(9-6-11)16-19-12-3-1-7-17-15(12)23-16/h1-4,7,10-11H,5-6,8-9H2,(H,18,21). The highest BCUT2D eigenvalue weighted by Crippen LogP contribution is 2.29. The summed E-state index contributed by atoms with van der Waals surface area (Å²) >= 11 is 3.12. The average Bonchev–Trinajstić information content (AvgIpc) is 3.25. The number of rotatable bonds is 3. The summed E-state index contributed by atoms with van der Waals surface area (Å²) in [6.07, 6.45) is 3.69. The fourth-order valence-electron chi connectivity index (χ4n) is 2.77. The first kappa shape index (κ1) is 14.6. The maximum Gasteiger partial charge on any atom is 0.261 e. The molecule has 7 heteroatoms. The van der Waals surface area contributed by atoms with Gasteiger partial charge in [0.1, 0.15) is 10.3 Å². The summed E-state index contributed by atoms with van der Waals surface area (Å²) in [5, 5.41) is 6.09. The van der Waals surface area contributed by atoms with Gasteiger partial charge in [-0.25, -0.2) is 9.97 Å². The fourth-order valence-corrected chi connectivity index (χ4v) is 4.36. The zero-order chi connectivity index (χ0) is 15.6. The van der Waals surface area contributed by atoms with E-state index in [1.807, 2.05) is 29.6 Å². The first-order chi connectivity index (χ1) is 11.3. The first-order valence-electron chi connectivity index (χ1n) is 7.60. The number of hydrogen-bond acceptors (Lipinski definition) is 6. The number of fused-ring (bicyclic) bond motifs is 1. The Kier molecular flexibility index (Phi) is 3.97. The van der Waals surface area contributed by atoms with Crippen LogP contribution in [0, 0.1) is 0 Å². The Labute approximate surface area is 142 Å². The molecule has 5 nitrogen and oxygen atoms in total. The first-order valence-corrected chi connectivity index (χ1v) is 9.30. The van der Waals surface area contributed by atoms with Crippen molar-refractivity contribution in [2.24, 2.45) is 0 Å². The van der Waals surface area contributed by atoms with Crippen LogP contribution in [0.25, 0.3) is 10.3 Å². The van der Waals surface area contributed by atoms with Crippen LogP contribution in [0.15, 0.2) is 35.8 Å². The van der Waals surface area contributed by atoms with E-state index in [2.05, 4.69) is 20.2 Å². The minimum absolute atomic E-state index is 0.0441. The Morgan fingerprint density at radius 2 is 2.13 bits per heavy atom. The molecule has 4 heterocycles. The molecule has 0 atom stereocenters. The summed E-state index contributed by atoms with van der Waals surface area (Å²) < 4.78 is 0. The van der Waals surface area contributed by atoms with Crippen molar-refractivity contribution in [1.29, 1.82) is 0 Å². The summed E-state index contributed by atoms with van der Waals surface area (Å²) in [6.45, 7) is 1.82. The molecular weight excluding hydrogens is 328 g/mol. The Balaban J connectivity index is 1.38. The van der Waals surface area contributed by atoms with Gasteiger partial charge in [-0.05, 0) is 36.4 Å². The second-order valence-electron chi connectivity index (χ2n) is 5.54. The summed E-state index contributed by atoms with van der Waals surface area (Å²) in [5.41, 5.74) is 0.959. The Hall–Kier alpha value is -1.99. The van der Waals surface area contributed by atoms with Crippen molar-refractivity contribution in [3.8, 4) is 0 Å². The zero-order valence-corrected chi connectivity index (χ0v) is 14.1. The molecule has 0 saturated carbocycles. The number of nitrogens with one attached hydrogen (secondary N) is 1. The monoisotopic (exact) mass is 344 g/mol. The summed E-state index contributed by atoms with van der Waals surface area (Å²) in [6, 6.07) is 7.93. The van der Waals surface area contributed by atoms with Crippen LogP contribution in [0.3, 0.4) is 0 Å². The highest BCUT2D eigenvalue weighted by Gasteiger charge is 2.23. The second-order valence-corrected chi connectivity index (χ2v) is 7.44. The van der Waals surface area contributed by atoms with Crippen LogP contribution in [0.1, 0.15) is 22.5 Å². The van der Waals surface area contributed by atoms with Crippen LogP contribution < -0.4 is 10.2 Å². The second kappa shape index (κ2) is 6.25. The molecule has 1 fully saturated rings. The molecular formula is C16H16N4OS2. The highest BCUT2D eigenvalue weighted by molar-refractivity contribution is 7.21. The van der Waals surface area contributed by atoms with Crippen LogP contribution in [0.2, 0.25) is 0 Å². The van der Waals surface area contributed by atoms with Crippen molar-refractivity contribution >= 4 is 44.1 Å². The van der Waals surface area contributed by atoms with E-state index in [1.54, 1.807) is 17.5 Å². The smallest absolute Gasteiger partial charge is 0.261 e. The molecule has 23 heavy (non-hydrogen) atoms. The maximum atomic E-state index is 12.1. The normalized spacial score (nSPS) is 15.9. The van der Waals surface area contributed by atoms with E-state index >= 15 is 0 Å². The lowest BCUT2D eigenvalue weighted by molar-refractivity contribution is 0.0935. The van der Waals surface area contributed by atoms with E-state index in [1.165, 1.54) is 11.3 Å². The Morgan fingerprint density at radius 1 is 1.26 bits per heavy atom. The largest absolute Gasteiger partial charge is 0.348 e. The lowest BCUT2D eigenvalue weighted by atomic mass is 10.1. The molecule has 0 unspecified atom stereocenters. The quantitative estimate of drug-likeness (QED) is 0.793. The molecule has 0 aromatic carbocycles. The van der Waals surface area contributed by atoms with Crippen molar-refractivity contribution in [2.45, 2.75) is 18.9 Å². The third-order valence-corrected chi connectivity index (χ3v) is 5.91. The number of amides is 1. The third kappa shape index (κ3) is 3.07. The molecule has 0 bridgehead atoms. The molecule has 0 spiro atoms. The van der Waals surface area contributed by atoms with Crippen molar-refractivity contribution in [1.82, 2.24) is 15.3 Å². The number of thiazole rings is 1. The molecule has 1 saturated heterocycles. The number of anilines is 1. The number of carbonyl (C=O) groups excluding carboxylic acids is 1. The summed E-state index contributed by atoms with van der Waals surface area (Å²) in [4.78, 5) is 25.2. The number of aromatic nitrogens is 2. The molecule has 0 aliphatic carbocycles. The third-order valence-electron chi connectivity index (χ3n) is 4.00. The fraction of sp³-hybridized carbons (Fsp3) is 0.312. The molecule has 1 N–H and O–H groups in total. The van der Waals surface area contributed by atoms with Crippen LogP contribution >= 0.6 is 22.7 Å². The van der Waals surface area contributed by atoms with Gasteiger partial charge in [-0.2, -0.15) is 0 Å². The minimum Gasteiger partial charge on any atom is -0.348 e. The molecule has 1 aliphatic rings. The van der Waals surface area contributed by atoms with E-state index in [0.717, 1.165) is 46.3 Å².